The van der Waals surface area contributed by atoms with Crippen molar-refractivity contribution in [1.82, 2.24) is 9.97 Å². The number of aromatic nitrogens is 2. The van der Waals surface area contributed by atoms with Gasteiger partial charge in [0, 0.05) is 19.6 Å². The van der Waals surface area contributed by atoms with Gasteiger partial charge in [0.05, 0.1) is 19.6 Å². The summed E-state index contributed by atoms with van der Waals surface area (Å²) in [7, 11) is 1.64. The van der Waals surface area contributed by atoms with Crippen LogP contribution in [0.5, 0.6) is 5.75 Å². The normalized spacial score (nSPS) is 16.5. The Kier molecular flexibility index (Phi) is 6.52. The molecular weight excluding hydrogens is 358 g/mol. The number of nitrogens with one attached hydrogen (secondary N) is 1. The van der Waals surface area contributed by atoms with E-state index < -0.39 is 0 Å². The van der Waals surface area contributed by atoms with Gasteiger partial charge in [-0.05, 0) is 37.5 Å². The molecule has 1 atom stereocenters. The number of anilines is 3. The van der Waals surface area contributed by atoms with Crippen molar-refractivity contribution in [3.8, 4) is 5.75 Å². The molecular formula is C20H27N5O3. The van der Waals surface area contributed by atoms with E-state index in [1.54, 1.807) is 7.11 Å². The third-order valence-electron chi connectivity index (χ3n) is 4.82. The Morgan fingerprint density at radius 3 is 2.82 bits per heavy atom. The molecule has 8 nitrogen and oxygen atoms in total. The van der Waals surface area contributed by atoms with Gasteiger partial charge in [-0.1, -0.05) is 12.1 Å². The van der Waals surface area contributed by atoms with Crippen LogP contribution in [0.3, 0.4) is 0 Å². The van der Waals surface area contributed by atoms with Gasteiger partial charge in [0.15, 0.2) is 11.6 Å². The number of piperidine rings is 1. The van der Waals surface area contributed by atoms with E-state index in [1.807, 2.05) is 36.1 Å². The van der Waals surface area contributed by atoms with Crippen molar-refractivity contribution in [2.45, 2.75) is 26.3 Å². The highest BCUT2D eigenvalue weighted by molar-refractivity contribution is 5.77. The molecule has 1 aromatic heterocycles. The van der Waals surface area contributed by atoms with Crippen LogP contribution in [-0.2, 0) is 16.1 Å². The van der Waals surface area contributed by atoms with Crippen molar-refractivity contribution < 1.29 is 14.3 Å². The third-order valence-corrected chi connectivity index (χ3v) is 4.82. The van der Waals surface area contributed by atoms with Crippen LogP contribution in [0, 0.1) is 5.92 Å². The molecule has 3 N–H and O–H groups in total. The van der Waals surface area contributed by atoms with E-state index >= 15 is 0 Å². The molecule has 0 saturated carbocycles. The number of carbonyl (C=O) groups excluding carboxylic acids is 1. The number of nitrogens with zero attached hydrogens (tertiary/aromatic N) is 3. The van der Waals surface area contributed by atoms with Gasteiger partial charge in [-0.3, -0.25) is 4.79 Å². The van der Waals surface area contributed by atoms with Crippen LogP contribution in [0.1, 0.15) is 25.3 Å². The summed E-state index contributed by atoms with van der Waals surface area (Å²) in [6, 6.07) is 7.79. The van der Waals surface area contributed by atoms with Crippen molar-refractivity contribution >= 4 is 23.3 Å². The van der Waals surface area contributed by atoms with E-state index in [9.17, 15) is 4.79 Å². The summed E-state index contributed by atoms with van der Waals surface area (Å²) in [5, 5.41) is 3.27. The van der Waals surface area contributed by atoms with E-state index in [4.69, 9.17) is 15.2 Å². The Morgan fingerprint density at radius 1 is 1.32 bits per heavy atom. The molecule has 1 unspecified atom stereocenters. The standard InChI is InChI=1S/C20H27N5O3/c1-3-28-20(26)15-5-4-10-25(12-15)19-17(21)18(23-13-24-19)22-11-14-6-8-16(27-2)9-7-14/h6-9,13,15H,3-5,10-12,21H2,1-2H3,(H,22,23,24). The highest BCUT2D eigenvalue weighted by Crippen LogP contribution is 2.30. The van der Waals surface area contributed by atoms with Crippen LogP contribution >= 0.6 is 0 Å². The predicted octanol–water partition coefficient (Wildman–Crippen LogP) is 2.46. The number of hydrogen-bond donors (Lipinski definition) is 2. The van der Waals surface area contributed by atoms with Gasteiger partial charge in [-0.2, -0.15) is 0 Å². The Morgan fingerprint density at radius 2 is 2.11 bits per heavy atom. The van der Waals surface area contributed by atoms with Crippen LogP contribution in [0.4, 0.5) is 17.3 Å². The lowest BCUT2D eigenvalue weighted by Crippen LogP contribution is -2.40. The van der Waals surface area contributed by atoms with Crippen molar-refractivity contribution in [3.05, 3.63) is 36.2 Å². The van der Waals surface area contributed by atoms with Crippen molar-refractivity contribution in [2.24, 2.45) is 5.92 Å². The fourth-order valence-electron chi connectivity index (χ4n) is 3.33. The monoisotopic (exact) mass is 385 g/mol. The van der Waals surface area contributed by atoms with Crippen LogP contribution in [0.2, 0.25) is 0 Å². The Balaban J connectivity index is 1.68. The van der Waals surface area contributed by atoms with Gasteiger partial charge >= 0.3 is 5.97 Å². The van der Waals surface area contributed by atoms with Gasteiger partial charge < -0.3 is 25.4 Å². The number of nitrogens with two attached hydrogens (primary N) is 1. The molecule has 0 amide bonds. The number of esters is 1. The summed E-state index contributed by atoms with van der Waals surface area (Å²) in [5.74, 6) is 1.74. The van der Waals surface area contributed by atoms with Crippen LogP contribution in [0.15, 0.2) is 30.6 Å². The number of rotatable bonds is 7. The fraction of sp³-hybridized carbons (Fsp3) is 0.450. The van der Waals surface area contributed by atoms with Crippen molar-refractivity contribution in [2.75, 3.05) is 42.8 Å². The first-order chi connectivity index (χ1) is 13.6. The van der Waals surface area contributed by atoms with E-state index in [0.29, 0.717) is 37.0 Å². The lowest BCUT2D eigenvalue weighted by Gasteiger charge is -2.33. The number of carbonyl (C=O) groups is 1. The average molecular weight is 385 g/mol. The molecule has 1 aliphatic rings. The van der Waals surface area contributed by atoms with E-state index in [0.717, 1.165) is 30.7 Å². The molecule has 1 fully saturated rings. The minimum atomic E-state index is -0.155. The first-order valence-corrected chi connectivity index (χ1v) is 9.51. The van der Waals surface area contributed by atoms with E-state index in [-0.39, 0.29) is 11.9 Å². The summed E-state index contributed by atoms with van der Waals surface area (Å²) in [6.45, 7) is 4.15. The number of benzene rings is 1. The maximum absolute atomic E-state index is 12.1. The minimum absolute atomic E-state index is 0.154. The van der Waals surface area contributed by atoms with Gasteiger partial charge in [0.1, 0.15) is 17.8 Å². The summed E-state index contributed by atoms with van der Waals surface area (Å²) in [6.07, 6.45) is 3.21. The largest absolute Gasteiger partial charge is 0.497 e. The second-order valence-electron chi connectivity index (χ2n) is 6.70. The molecule has 28 heavy (non-hydrogen) atoms. The molecule has 0 spiro atoms. The van der Waals surface area contributed by atoms with Gasteiger partial charge in [-0.15, -0.1) is 0 Å². The number of methoxy groups -OCH3 is 1. The number of hydrogen-bond acceptors (Lipinski definition) is 8. The lowest BCUT2D eigenvalue weighted by molar-refractivity contribution is -0.148. The molecule has 3 rings (SSSR count). The molecule has 0 aliphatic carbocycles. The van der Waals surface area contributed by atoms with Gasteiger partial charge in [-0.25, -0.2) is 9.97 Å². The van der Waals surface area contributed by atoms with Crippen molar-refractivity contribution in [3.63, 3.8) is 0 Å². The second kappa shape index (κ2) is 9.25. The summed E-state index contributed by atoms with van der Waals surface area (Å²) < 4.78 is 10.3. The fourth-order valence-corrected chi connectivity index (χ4v) is 3.33. The van der Waals surface area contributed by atoms with Crippen LogP contribution in [0.25, 0.3) is 0 Å². The first kappa shape index (κ1) is 19.7. The van der Waals surface area contributed by atoms with Crippen LogP contribution in [-0.4, -0.2) is 42.7 Å². The van der Waals surface area contributed by atoms with Gasteiger partial charge in [0.25, 0.3) is 0 Å². The summed E-state index contributed by atoms with van der Waals surface area (Å²) >= 11 is 0. The minimum Gasteiger partial charge on any atom is -0.497 e. The van der Waals surface area contributed by atoms with Gasteiger partial charge in [0.2, 0.25) is 0 Å². The maximum Gasteiger partial charge on any atom is 0.310 e. The molecule has 2 aromatic rings. The Labute approximate surface area is 165 Å². The Hall–Kier alpha value is -3.03. The summed E-state index contributed by atoms with van der Waals surface area (Å²) in [4.78, 5) is 22.8. The first-order valence-electron chi connectivity index (χ1n) is 9.51. The topological polar surface area (TPSA) is 103 Å². The lowest BCUT2D eigenvalue weighted by atomic mass is 9.98. The molecule has 2 heterocycles. The quantitative estimate of drug-likeness (QED) is 0.701. The zero-order chi connectivity index (χ0) is 19.9. The second-order valence-corrected chi connectivity index (χ2v) is 6.70. The Bertz CT molecular complexity index is 797. The van der Waals surface area contributed by atoms with Crippen LogP contribution < -0.4 is 20.7 Å². The number of ether oxygens (including phenoxy) is 2. The SMILES string of the molecule is CCOC(=O)C1CCCN(c2ncnc(NCc3ccc(OC)cc3)c2N)C1. The predicted molar refractivity (Wildman–Crippen MR) is 108 cm³/mol. The molecule has 0 radical (unpaired) electrons. The average Bonchev–Trinajstić information content (AvgIpc) is 2.73. The highest BCUT2D eigenvalue weighted by Gasteiger charge is 2.29. The van der Waals surface area contributed by atoms with E-state index in [2.05, 4.69) is 15.3 Å². The zero-order valence-corrected chi connectivity index (χ0v) is 16.4. The molecule has 1 saturated heterocycles. The third kappa shape index (κ3) is 4.62. The molecule has 8 heteroatoms. The maximum atomic E-state index is 12.1. The summed E-state index contributed by atoms with van der Waals surface area (Å²) in [5.41, 5.74) is 7.91. The number of nitrogen functional groups attached to an aromatic ring is 1. The molecule has 150 valence electrons. The highest BCUT2D eigenvalue weighted by atomic mass is 16.5. The van der Waals surface area contributed by atoms with E-state index in [1.165, 1.54) is 6.33 Å². The molecule has 1 aliphatic heterocycles. The van der Waals surface area contributed by atoms with Crippen molar-refractivity contribution in [1.29, 1.82) is 0 Å². The smallest absolute Gasteiger partial charge is 0.310 e. The molecule has 0 bridgehead atoms. The zero-order valence-electron chi connectivity index (χ0n) is 16.4. The molecule has 1 aromatic carbocycles.